The molecule has 0 saturated carbocycles. The topological polar surface area (TPSA) is 42.2 Å². The number of unbranched alkanes of at least 4 members (excludes halogenated alkanes) is 1. The van der Waals surface area contributed by atoms with E-state index in [0.717, 1.165) is 18.6 Å². The highest BCUT2D eigenvalue weighted by Crippen LogP contribution is 2.05. The standard InChI is InChI=1S/C10H14ClNO2/c1-8-4-5-9(14-8)10(13)12-7-3-2-6-11/h4-5H,2-3,6-7H2,1H3,(H,12,13). The lowest BCUT2D eigenvalue weighted by Gasteiger charge is -2.01. The van der Waals surface area contributed by atoms with Gasteiger partial charge >= 0.3 is 0 Å². The van der Waals surface area contributed by atoms with Crippen LogP contribution in [-0.4, -0.2) is 18.3 Å². The highest BCUT2D eigenvalue weighted by atomic mass is 35.5. The van der Waals surface area contributed by atoms with Crippen LogP contribution in [-0.2, 0) is 0 Å². The Morgan fingerprint density at radius 1 is 1.50 bits per heavy atom. The van der Waals surface area contributed by atoms with Crippen molar-refractivity contribution >= 4 is 17.5 Å². The van der Waals surface area contributed by atoms with Gasteiger partial charge in [0.1, 0.15) is 5.76 Å². The van der Waals surface area contributed by atoms with Crippen molar-refractivity contribution in [1.82, 2.24) is 5.32 Å². The molecule has 1 aromatic heterocycles. The van der Waals surface area contributed by atoms with E-state index in [-0.39, 0.29) is 5.91 Å². The molecule has 0 bridgehead atoms. The molecule has 1 heterocycles. The second-order valence-corrected chi connectivity index (χ2v) is 3.44. The number of carbonyl (C=O) groups excluding carboxylic acids is 1. The number of alkyl halides is 1. The minimum absolute atomic E-state index is 0.160. The van der Waals surface area contributed by atoms with Gasteiger partial charge in [-0.3, -0.25) is 4.79 Å². The minimum atomic E-state index is -0.160. The second kappa shape index (κ2) is 5.70. The van der Waals surface area contributed by atoms with Gasteiger partial charge in [0.15, 0.2) is 5.76 Å². The van der Waals surface area contributed by atoms with E-state index in [1.54, 1.807) is 12.1 Å². The molecule has 0 aliphatic carbocycles. The molecule has 0 fully saturated rings. The lowest BCUT2D eigenvalue weighted by molar-refractivity contribution is 0.0924. The van der Waals surface area contributed by atoms with E-state index in [4.69, 9.17) is 16.0 Å². The molecule has 0 atom stereocenters. The van der Waals surface area contributed by atoms with Gasteiger partial charge in [-0.1, -0.05) is 0 Å². The van der Waals surface area contributed by atoms with E-state index in [9.17, 15) is 4.79 Å². The van der Waals surface area contributed by atoms with Gasteiger partial charge in [-0.2, -0.15) is 0 Å². The Balaban J connectivity index is 2.29. The van der Waals surface area contributed by atoms with Crippen molar-refractivity contribution in [3.63, 3.8) is 0 Å². The maximum absolute atomic E-state index is 11.4. The quantitative estimate of drug-likeness (QED) is 0.605. The molecule has 0 spiro atoms. The van der Waals surface area contributed by atoms with Gasteiger partial charge in [-0.05, 0) is 31.9 Å². The van der Waals surface area contributed by atoms with Crippen LogP contribution in [0.2, 0.25) is 0 Å². The molecule has 1 aromatic rings. The lowest BCUT2D eigenvalue weighted by atomic mass is 10.3. The first-order valence-corrected chi connectivity index (χ1v) is 5.18. The molecule has 14 heavy (non-hydrogen) atoms. The van der Waals surface area contributed by atoms with E-state index < -0.39 is 0 Å². The summed E-state index contributed by atoms with van der Waals surface area (Å²) in [6.07, 6.45) is 1.81. The molecular weight excluding hydrogens is 202 g/mol. The third kappa shape index (κ3) is 3.42. The van der Waals surface area contributed by atoms with Crippen molar-refractivity contribution in [3.05, 3.63) is 23.7 Å². The molecule has 0 saturated heterocycles. The predicted molar refractivity (Wildman–Crippen MR) is 55.7 cm³/mol. The number of hydrogen-bond donors (Lipinski definition) is 1. The van der Waals surface area contributed by atoms with Gasteiger partial charge in [-0.25, -0.2) is 0 Å². The Morgan fingerprint density at radius 2 is 2.29 bits per heavy atom. The van der Waals surface area contributed by atoms with E-state index in [1.165, 1.54) is 0 Å². The maximum atomic E-state index is 11.4. The normalized spacial score (nSPS) is 10.1. The summed E-state index contributed by atoms with van der Waals surface area (Å²) in [5, 5.41) is 2.76. The van der Waals surface area contributed by atoms with Crippen molar-refractivity contribution in [3.8, 4) is 0 Å². The van der Waals surface area contributed by atoms with E-state index in [1.807, 2.05) is 6.92 Å². The molecule has 0 aliphatic rings. The van der Waals surface area contributed by atoms with Gasteiger partial charge in [0, 0.05) is 12.4 Å². The first kappa shape index (κ1) is 11.1. The molecule has 4 heteroatoms. The number of amides is 1. The van der Waals surface area contributed by atoms with E-state index in [0.29, 0.717) is 18.2 Å². The molecule has 78 valence electrons. The molecule has 0 radical (unpaired) electrons. The van der Waals surface area contributed by atoms with Crippen molar-refractivity contribution < 1.29 is 9.21 Å². The van der Waals surface area contributed by atoms with Crippen molar-refractivity contribution in [1.29, 1.82) is 0 Å². The number of hydrogen-bond acceptors (Lipinski definition) is 2. The molecular formula is C10H14ClNO2. The van der Waals surface area contributed by atoms with Crippen LogP contribution in [0.3, 0.4) is 0 Å². The zero-order valence-electron chi connectivity index (χ0n) is 8.18. The Bertz CT molecular complexity index is 296. The lowest BCUT2D eigenvalue weighted by Crippen LogP contribution is -2.23. The molecule has 0 unspecified atom stereocenters. The predicted octanol–water partition coefficient (Wildman–Crippen LogP) is 2.34. The number of nitrogens with one attached hydrogen (secondary N) is 1. The van der Waals surface area contributed by atoms with Crippen LogP contribution >= 0.6 is 11.6 Å². The zero-order valence-corrected chi connectivity index (χ0v) is 8.93. The first-order valence-electron chi connectivity index (χ1n) is 4.64. The van der Waals surface area contributed by atoms with Crippen LogP contribution in [0.15, 0.2) is 16.5 Å². The van der Waals surface area contributed by atoms with Gasteiger partial charge in [0.25, 0.3) is 5.91 Å². The average molecular weight is 216 g/mol. The van der Waals surface area contributed by atoms with E-state index in [2.05, 4.69) is 5.32 Å². The number of furan rings is 1. The number of rotatable bonds is 5. The van der Waals surface area contributed by atoms with Gasteiger partial charge in [0.05, 0.1) is 0 Å². The number of carbonyl (C=O) groups is 1. The maximum Gasteiger partial charge on any atom is 0.286 e. The van der Waals surface area contributed by atoms with Crippen molar-refractivity contribution in [2.24, 2.45) is 0 Å². The molecule has 1 N–H and O–H groups in total. The Kier molecular flexibility index (Phi) is 4.53. The Hall–Kier alpha value is -0.960. The summed E-state index contributed by atoms with van der Waals surface area (Å²) in [7, 11) is 0. The fraction of sp³-hybridized carbons (Fsp3) is 0.500. The molecule has 1 amide bonds. The Morgan fingerprint density at radius 3 is 2.86 bits per heavy atom. The summed E-state index contributed by atoms with van der Waals surface area (Å²) in [5.74, 6) is 1.59. The fourth-order valence-electron chi connectivity index (χ4n) is 1.07. The first-order chi connectivity index (χ1) is 6.74. The van der Waals surface area contributed by atoms with Crippen LogP contribution in [0.25, 0.3) is 0 Å². The fourth-order valence-corrected chi connectivity index (χ4v) is 1.25. The van der Waals surface area contributed by atoms with Crippen molar-refractivity contribution in [2.45, 2.75) is 19.8 Å². The monoisotopic (exact) mass is 215 g/mol. The van der Waals surface area contributed by atoms with Crippen LogP contribution in [0.1, 0.15) is 29.2 Å². The third-order valence-electron chi connectivity index (χ3n) is 1.81. The summed E-state index contributed by atoms with van der Waals surface area (Å²) in [4.78, 5) is 11.4. The largest absolute Gasteiger partial charge is 0.456 e. The highest BCUT2D eigenvalue weighted by Gasteiger charge is 2.07. The Labute approximate surface area is 88.4 Å². The summed E-state index contributed by atoms with van der Waals surface area (Å²) in [5.41, 5.74) is 0. The summed E-state index contributed by atoms with van der Waals surface area (Å²) < 4.78 is 5.16. The van der Waals surface area contributed by atoms with Crippen LogP contribution in [0.5, 0.6) is 0 Å². The van der Waals surface area contributed by atoms with Gasteiger partial charge in [0.2, 0.25) is 0 Å². The van der Waals surface area contributed by atoms with E-state index >= 15 is 0 Å². The van der Waals surface area contributed by atoms with Gasteiger partial charge < -0.3 is 9.73 Å². The molecule has 3 nitrogen and oxygen atoms in total. The number of aryl methyl sites for hydroxylation is 1. The average Bonchev–Trinajstić information content (AvgIpc) is 2.59. The summed E-state index contributed by atoms with van der Waals surface area (Å²) in [6.45, 7) is 2.45. The molecule has 1 rings (SSSR count). The van der Waals surface area contributed by atoms with Gasteiger partial charge in [-0.15, -0.1) is 11.6 Å². The second-order valence-electron chi connectivity index (χ2n) is 3.06. The minimum Gasteiger partial charge on any atom is -0.456 e. The van der Waals surface area contributed by atoms with Crippen LogP contribution in [0.4, 0.5) is 0 Å². The summed E-state index contributed by atoms with van der Waals surface area (Å²) >= 11 is 5.51. The highest BCUT2D eigenvalue weighted by molar-refractivity contribution is 6.17. The zero-order chi connectivity index (χ0) is 10.4. The number of halogens is 1. The summed E-state index contributed by atoms with van der Waals surface area (Å²) in [6, 6.07) is 3.44. The van der Waals surface area contributed by atoms with Crippen molar-refractivity contribution in [2.75, 3.05) is 12.4 Å². The SMILES string of the molecule is Cc1ccc(C(=O)NCCCCCl)o1. The smallest absolute Gasteiger partial charge is 0.286 e. The molecule has 0 aliphatic heterocycles. The van der Waals surface area contributed by atoms with Crippen LogP contribution in [0, 0.1) is 6.92 Å². The molecule has 0 aromatic carbocycles. The third-order valence-corrected chi connectivity index (χ3v) is 2.08. The van der Waals surface area contributed by atoms with Crippen LogP contribution < -0.4 is 5.32 Å².